The highest BCUT2D eigenvalue weighted by Crippen LogP contribution is 2.36. The molecule has 0 bridgehead atoms. The second kappa shape index (κ2) is 11.2. The number of anilines is 2. The molecule has 198 valence electrons. The van der Waals surface area contributed by atoms with Crippen LogP contribution in [-0.2, 0) is 14.3 Å². The number of amides is 2. The van der Waals surface area contributed by atoms with Gasteiger partial charge in [0, 0.05) is 30.6 Å². The third kappa shape index (κ3) is 7.92. The van der Waals surface area contributed by atoms with Gasteiger partial charge in [0.05, 0.1) is 17.3 Å². The third-order valence-electron chi connectivity index (χ3n) is 6.20. The topological polar surface area (TPSA) is 108 Å². The Bertz CT molecular complexity index is 1160. The van der Waals surface area contributed by atoms with Crippen LogP contribution in [0.2, 0.25) is 0 Å². The van der Waals surface area contributed by atoms with E-state index in [0.29, 0.717) is 24.5 Å². The van der Waals surface area contributed by atoms with Crippen LogP contribution in [0.1, 0.15) is 58.6 Å². The maximum absolute atomic E-state index is 12.6. The van der Waals surface area contributed by atoms with E-state index in [9.17, 15) is 19.5 Å². The van der Waals surface area contributed by atoms with Crippen LogP contribution in [0.15, 0.2) is 54.6 Å². The lowest BCUT2D eigenvalue weighted by molar-refractivity contribution is -0.141. The van der Waals surface area contributed by atoms with E-state index < -0.39 is 23.6 Å². The number of hydrogen-bond donors (Lipinski definition) is 3. The molecule has 1 heterocycles. The summed E-state index contributed by atoms with van der Waals surface area (Å²) in [6, 6.07) is 14.5. The highest BCUT2D eigenvalue weighted by atomic mass is 16.6. The van der Waals surface area contributed by atoms with Crippen molar-refractivity contribution in [2.75, 3.05) is 23.7 Å². The number of carboxylic acid groups (broad SMARTS) is 1. The average molecular weight is 508 g/mol. The second-order valence-electron chi connectivity index (χ2n) is 11.3. The molecule has 37 heavy (non-hydrogen) atoms. The molecular formula is C29H37N3O5. The highest BCUT2D eigenvalue weighted by molar-refractivity contribution is 6.05. The van der Waals surface area contributed by atoms with E-state index in [1.807, 2.05) is 24.3 Å². The molecule has 0 spiro atoms. The summed E-state index contributed by atoms with van der Waals surface area (Å²) in [5.41, 5.74) is 1.93. The molecule has 1 aliphatic heterocycles. The van der Waals surface area contributed by atoms with E-state index in [1.54, 1.807) is 51.1 Å². The number of carbonyl (C=O) groups excluding carboxylic acids is 2. The first kappa shape index (κ1) is 27.9. The SMILES string of the molecule is CC(C)(C)OC(=O)Nc1ccccc1NC(=O)/C=C/c1ccc([C@H]2CN(C(C)(C)C)C[C@@H]2C(=O)O)cc1. The summed E-state index contributed by atoms with van der Waals surface area (Å²) in [5.74, 6) is -1.68. The van der Waals surface area contributed by atoms with Gasteiger partial charge in [-0.15, -0.1) is 0 Å². The third-order valence-corrected chi connectivity index (χ3v) is 6.20. The maximum Gasteiger partial charge on any atom is 0.412 e. The molecule has 3 N–H and O–H groups in total. The van der Waals surface area contributed by atoms with Crippen LogP contribution in [0.3, 0.4) is 0 Å². The Labute approximate surface area is 218 Å². The van der Waals surface area contributed by atoms with Gasteiger partial charge in [-0.2, -0.15) is 0 Å². The van der Waals surface area contributed by atoms with Crippen LogP contribution in [0.5, 0.6) is 0 Å². The number of rotatable bonds is 6. The zero-order valence-electron chi connectivity index (χ0n) is 22.4. The van der Waals surface area contributed by atoms with Crippen LogP contribution in [0.25, 0.3) is 6.08 Å². The molecule has 2 atom stereocenters. The van der Waals surface area contributed by atoms with E-state index >= 15 is 0 Å². The van der Waals surface area contributed by atoms with Gasteiger partial charge in [-0.1, -0.05) is 36.4 Å². The van der Waals surface area contributed by atoms with E-state index in [4.69, 9.17) is 4.74 Å². The molecular weight excluding hydrogens is 470 g/mol. The molecule has 8 heteroatoms. The quantitative estimate of drug-likeness (QED) is 0.440. The standard InChI is InChI=1S/C29H37N3O5/c1-28(2,3)32-17-21(22(18-32)26(34)35)20-14-11-19(12-15-20)13-16-25(33)30-23-9-7-8-10-24(23)31-27(36)37-29(4,5)6/h7-16,21-22H,17-18H2,1-6H3,(H,30,33)(H,31,36)(H,34,35)/b16-13+/t21-,22+/m1/s1. The van der Waals surface area contributed by atoms with E-state index in [2.05, 4.69) is 36.3 Å². The highest BCUT2D eigenvalue weighted by Gasteiger charge is 2.41. The van der Waals surface area contributed by atoms with Gasteiger partial charge in [0.2, 0.25) is 5.91 Å². The fourth-order valence-corrected chi connectivity index (χ4v) is 4.25. The molecule has 0 unspecified atom stereocenters. The van der Waals surface area contributed by atoms with Crippen LogP contribution in [0, 0.1) is 5.92 Å². The zero-order chi connectivity index (χ0) is 27.4. The predicted octanol–water partition coefficient (Wildman–Crippen LogP) is 5.58. The van der Waals surface area contributed by atoms with Crippen molar-refractivity contribution in [1.29, 1.82) is 0 Å². The van der Waals surface area contributed by atoms with Crippen molar-refractivity contribution in [3.8, 4) is 0 Å². The Morgan fingerprint density at radius 1 is 0.919 bits per heavy atom. The summed E-state index contributed by atoms with van der Waals surface area (Å²) in [6.07, 6.45) is 2.49. The largest absolute Gasteiger partial charge is 0.481 e. The summed E-state index contributed by atoms with van der Waals surface area (Å²) in [7, 11) is 0. The molecule has 1 saturated heterocycles. The minimum atomic E-state index is -0.779. The monoisotopic (exact) mass is 507 g/mol. The minimum absolute atomic E-state index is 0.0907. The first-order valence-corrected chi connectivity index (χ1v) is 12.4. The Morgan fingerprint density at radius 3 is 2.05 bits per heavy atom. The van der Waals surface area contributed by atoms with Crippen LogP contribution >= 0.6 is 0 Å². The lowest BCUT2D eigenvalue weighted by atomic mass is 9.88. The number of nitrogens with one attached hydrogen (secondary N) is 2. The number of hydrogen-bond acceptors (Lipinski definition) is 5. The number of benzene rings is 2. The summed E-state index contributed by atoms with van der Waals surface area (Å²) in [4.78, 5) is 38.8. The van der Waals surface area contributed by atoms with Gasteiger partial charge >= 0.3 is 12.1 Å². The number of nitrogens with zero attached hydrogens (tertiary/aromatic N) is 1. The fourth-order valence-electron chi connectivity index (χ4n) is 4.25. The molecule has 0 radical (unpaired) electrons. The van der Waals surface area contributed by atoms with Gasteiger partial charge in [-0.05, 0) is 70.9 Å². The van der Waals surface area contributed by atoms with E-state index in [-0.39, 0.29) is 17.4 Å². The van der Waals surface area contributed by atoms with Crippen molar-refractivity contribution in [2.24, 2.45) is 5.92 Å². The van der Waals surface area contributed by atoms with E-state index in [0.717, 1.165) is 11.1 Å². The van der Waals surface area contributed by atoms with Crippen molar-refractivity contribution in [1.82, 2.24) is 4.90 Å². The van der Waals surface area contributed by atoms with Gasteiger partial charge < -0.3 is 15.2 Å². The van der Waals surface area contributed by atoms with E-state index in [1.165, 1.54) is 6.08 Å². The number of carbonyl (C=O) groups is 3. The normalized spacial score (nSPS) is 18.5. The lowest BCUT2D eigenvalue weighted by Gasteiger charge is -2.31. The van der Waals surface area contributed by atoms with Crippen molar-refractivity contribution in [3.63, 3.8) is 0 Å². The van der Waals surface area contributed by atoms with Crippen molar-refractivity contribution in [2.45, 2.75) is 58.6 Å². The van der Waals surface area contributed by atoms with Gasteiger partial charge in [0.1, 0.15) is 5.60 Å². The molecule has 3 rings (SSSR count). The molecule has 1 fully saturated rings. The smallest absolute Gasteiger partial charge is 0.412 e. The van der Waals surface area contributed by atoms with Crippen LogP contribution < -0.4 is 10.6 Å². The zero-order valence-corrected chi connectivity index (χ0v) is 22.4. The van der Waals surface area contributed by atoms with Gasteiger partial charge in [0.15, 0.2) is 0 Å². The Balaban J connectivity index is 1.65. The molecule has 2 aromatic carbocycles. The summed E-state index contributed by atoms with van der Waals surface area (Å²) < 4.78 is 5.28. The molecule has 1 aliphatic rings. The van der Waals surface area contributed by atoms with Crippen LogP contribution in [-0.4, -0.2) is 52.2 Å². The molecule has 8 nitrogen and oxygen atoms in total. The van der Waals surface area contributed by atoms with Crippen molar-refractivity contribution >= 4 is 35.4 Å². The average Bonchev–Trinajstić information content (AvgIpc) is 3.25. The molecule has 0 aliphatic carbocycles. The van der Waals surface area contributed by atoms with Gasteiger partial charge in [-0.25, -0.2) is 4.79 Å². The van der Waals surface area contributed by atoms with Gasteiger partial charge in [-0.3, -0.25) is 19.8 Å². The molecule has 2 amide bonds. The molecule has 0 aromatic heterocycles. The number of ether oxygens (including phenoxy) is 1. The first-order chi connectivity index (χ1) is 17.2. The second-order valence-corrected chi connectivity index (χ2v) is 11.3. The predicted molar refractivity (Wildman–Crippen MR) is 146 cm³/mol. The van der Waals surface area contributed by atoms with Gasteiger partial charge in [0.25, 0.3) is 0 Å². The number of carboxylic acids is 1. The number of aliphatic carboxylic acids is 1. The van der Waals surface area contributed by atoms with Crippen LogP contribution in [0.4, 0.5) is 16.2 Å². The fraction of sp³-hybridized carbons (Fsp3) is 0.414. The number of likely N-dealkylation sites (tertiary alicyclic amines) is 1. The first-order valence-electron chi connectivity index (χ1n) is 12.4. The molecule has 0 saturated carbocycles. The summed E-state index contributed by atoms with van der Waals surface area (Å²) >= 11 is 0. The Morgan fingerprint density at radius 2 is 1.51 bits per heavy atom. The van der Waals surface area contributed by atoms with Crippen molar-refractivity contribution in [3.05, 3.63) is 65.7 Å². The maximum atomic E-state index is 12.6. The Kier molecular flexibility index (Phi) is 8.43. The van der Waals surface area contributed by atoms with Crippen molar-refractivity contribution < 1.29 is 24.2 Å². The number of para-hydroxylation sites is 2. The summed E-state index contributed by atoms with van der Waals surface area (Å²) in [5, 5.41) is 15.2. The molecule has 2 aromatic rings. The Hall–Kier alpha value is -3.65. The lowest BCUT2D eigenvalue weighted by Crippen LogP contribution is -2.40. The minimum Gasteiger partial charge on any atom is -0.481 e. The summed E-state index contributed by atoms with van der Waals surface area (Å²) in [6.45, 7) is 12.8.